The number of halogens is 1. The molecule has 1 aromatic carbocycles. The Hall–Kier alpha value is -1.96. The molecule has 1 unspecified atom stereocenters. The lowest BCUT2D eigenvalue weighted by Crippen LogP contribution is -2.43. The highest BCUT2D eigenvalue weighted by atomic mass is 32.1. The Morgan fingerprint density at radius 3 is 2.82 bits per heavy atom. The largest absolute Gasteiger partial charge is 0.530 e. The normalized spacial score (nSPS) is 31.3. The number of nitrogens with zero attached hydrogens (tertiary/aromatic N) is 1. The number of aromatic amines is 1. The van der Waals surface area contributed by atoms with Gasteiger partial charge in [-0.3, -0.25) is 18.6 Å². The molecule has 0 aliphatic carbocycles. The number of ether oxygens (including phenoxy) is 1. The number of aromatic nitrogens is 2. The van der Waals surface area contributed by atoms with Crippen molar-refractivity contribution < 1.29 is 42.6 Å². The van der Waals surface area contributed by atoms with Crippen molar-refractivity contribution in [2.45, 2.75) is 51.4 Å². The maximum absolute atomic E-state index is 15.5. The fraction of sp³-hybridized carbons (Fsp3) is 0.474. The zero-order chi connectivity index (χ0) is 24.1. The van der Waals surface area contributed by atoms with Crippen LogP contribution in [0.3, 0.4) is 0 Å². The molecule has 1 aromatic heterocycles. The molecule has 2 aliphatic rings. The number of alkyl halides is 1. The first-order chi connectivity index (χ1) is 15.5. The number of hydrogen-bond donors (Lipinski definition) is 4. The van der Waals surface area contributed by atoms with E-state index in [1.807, 2.05) is 6.92 Å². The number of phosphoric acid groups is 1. The van der Waals surface area contributed by atoms with Gasteiger partial charge in [-0.1, -0.05) is 29.9 Å². The molecule has 3 heterocycles. The molecule has 5 atom stereocenters. The summed E-state index contributed by atoms with van der Waals surface area (Å²) in [7, 11) is -4.28. The van der Waals surface area contributed by atoms with Crippen molar-refractivity contribution in [3.63, 3.8) is 0 Å². The second-order valence-electron chi connectivity index (χ2n) is 7.86. The predicted octanol–water partition coefficient (Wildman–Crippen LogP) is 1.67. The number of fused-ring (bicyclic) bond motifs is 1. The zero-order valence-corrected chi connectivity index (χ0v) is 19.3. The average Bonchev–Trinajstić information content (AvgIpc) is 2.98. The molecule has 0 amide bonds. The van der Waals surface area contributed by atoms with Crippen molar-refractivity contribution in [1.29, 1.82) is 0 Å². The van der Waals surface area contributed by atoms with Crippen LogP contribution in [0.25, 0.3) is 0 Å². The van der Waals surface area contributed by atoms with Crippen LogP contribution in [0.5, 0.6) is 5.75 Å². The third-order valence-electron chi connectivity index (χ3n) is 5.36. The minimum atomic E-state index is -4.28. The minimum absolute atomic E-state index is 0.0444. The quantitative estimate of drug-likeness (QED) is 0.349. The van der Waals surface area contributed by atoms with Gasteiger partial charge in [-0.2, -0.15) is 0 Å². The minimum Gasteiger partial charge on any atom is -0.403 e. The Bertz CT molecular complexity index is 1250. The van der Waals surface area contributed by atoms with E-state index in [0.29, 0.717) is 11.1 Å². The summed E-state index contributed by atoms with van der Waals surface area (Å²) < 4.78 is 49.9. The van der Waals surface area contributed by atoms with Gasteiger partial charge in [0.1, 0.15) is 29.2 Å². The summed E-state index contributed by atoms with van der Waals surface area (Å²) in [4.78, 5) is 14.5. The molecule has 1 fully saturated rings. The second kappa shape index (κ2) is 8.67. The number of rotatable bonds is 5. The molecule has 180 valence electrons. The molecule has 2 aromatic rings. The van der Waals surface area contributed by atoms with E-state index in [-0.39, 0.29) is 22.6 Å². The van der Waals surface area contributed by atoms with E-state index >= 15 is 4.39 Å². The molecular weight excluding hydrogens is 482 g/mol. The first kappa shape index (κ1) is 24.2. The van der Waals surface area contributed by atoms with Crippen LogP contribution < -0.4 is 10.2 Å². The smallest absolute Gasteiger partial charge is 0.403 e. The molecule has 11 nitrogen and oxygen atoms in total. The topological polar surface area (TPSA) is 152 Å². The molecule has 33 heavy (non-hydrogen) atoms. The first-order valence-corrected chi connectivity index (χ1v) is 11.7. The number of aryl methyl sites for hydroxylation is 2. The molecule has 0 bridgehead atoms. The Balaban J connectivity index is 1.54. The number of hydrogen-bond acceptors (Lipinski definition) is 10. The zero-order valence-electron chi connectivity index (χ0n) is 17.6. The summed E-state index contributed by atoms with van der Waals surface area (Å²) in [5.41, 5.74) is 1.51. The summed E-state index contributed by atoms with van der Waals surface area (Å²) in [6.45, 7) is 1.84. The van der Waals surface area contributed by atoms with E-state index in [1.165, 1.54) is 0 Å². The maximum atomic E-state index is 15.5. The van der Waals surface area contributed by atoms with Gasteiger partial charge in [-0.15, -0.1) is 0 Å². The van der Waals surface area contributed by atoms with Crippen LogP contribution in [0, 0.1) is 18.5 Å². The van der Waals surface area contributed by atoms with Crippen molar-refractivity contribution in [3.05, 3.63) is 55.7 Å². The van der Waals surface area contributed by atoms with Gasteiger partial charge in [0.25, 0.3) is 5.85 Å². The summed E-state index contributed by atoms with van der Waals surface area (Å²) in [6, 6.07) is 3.59. The lowest BCUT2D eigenvalue weighted by molar-refractivity contribution is -0.205. The molecule has 0 spiro atoms. The van der Waals surface area contributed by atoms with Crippen molar-refractivity contribution >= 4 is 20.0 Å². The van der Waals surface area contributed by atoms with Crippen molar-refractivity contribution in [3.8, 4) is 5.75 Å². The summed E-state index contributed by atoms with van der Waals surface area (Å²) in [5, 5.41) is 30.0. The average molecular weight is 504 g/mol. The van der Waals surface area contributed by atoms with E-state index in [9.17, 15) is 24.7 Å². The van der Waals surface area contributed by atoms with Crippen LogP contribution in [0.1, 0.15) is 28.5 Å². The standard InChI is InChI=1S/C19H22FN2O9PS/c1-9-3-10(2)14-11(4-9)7-28-32(27,31-14)29-8-19(20)15(25)13(24)17(30-19)22-5-12(6-23)16(33)21-18(22)26/h3-5,13,15,17,23-25H,6-8H2,1-2H3,(H,21,26,33)/t13-,15+,17-,19-,32?/m1/s1. The van der Waals surface area contributed by atoms with Gasteiger partial charge >= 0.3 is 13.5 Å². The van der Waals surface area contributed by atoms with Crippen LogP contribution in [0.4, 0.5) is 4.39 Å². The van der Waals surface area contributed by atoms with Gasteiger partial charge in [0.15, 0.2) is 6.23 Å². The third kappa shape index (κ3) is 4.43. The van der Waals surface area contributed by atoms with Gasteiger partial charge in [0, 0.05) is 17.3 Å². The SMILES string of the molecule is Cc1cc(C)c2c(c1)COP(=O)(OC[C@@]1(F)O[C@@H](n3cc(CO)c(=S)[nH]c3=O)[C@H](O)[C@@H]1O)O2. The Kier molecular flexibility index (Phi) is 6.35. The molecule has 0 saturated carbocycles. The molecule has 4 rings (SSSR count). The molecular formula is C19H22FN2O9PS. The Morgan fingerprint density at radius 1 is 1.39 bits per heavy atom. The van der Waals surface area contributed by atoms with E-state index in [0.717, 1.165) is 16.3 Å². The fourth-order valence-corrected chi connectivity index (χ4v) is 5.22. The summed E-state index contributed by atoms with van der Waals surface area (Å²) in [6.07, 6.45) is -4.71. The number of benzene rings is 1. The van der Waals surface area contributed by atoms with Gasteiger partial charge in [-0.25, -0.2) is 13.8 Å². The highest BCUT2D eigenvalue weighted by Gasteiger charge is 2.57. The molecule has 2 aliphatic heterocycles. The molecule has 1 saturated heterocycles. The van der Waals surface area contributed by atoms with Crippen molar-refractivity contribution in [1.82, 2.24) is 9.55 Å². The summed E-state index contributed by atoms with van der Waals surface area (Å²) >= 11 is 4.91. The van der Waals surface area contributed by atoms with Gasteiger partial charge < -0.3 is 24.6 Å². The van der Waals surface area contributed by atoms with Crippen LogP contribution in [0.2, 0.25) is 0 Å². The Morgan fingerprint density at radius 2 is 2.12 bits per heavy atom. The number of phosphoric ester groups is 1. The molecule has 0 radical (unpaired) electrons. The number of H-pyrrole nitrogens is 1. The fourth-order valence-electron chi connectivity index (χ4n) is 3.72. The van der Waals surface area contributed by atoms with Crippen molar-refractivity contribution in [2.24, 2.45) is 0 Å². The second-order valence-corrected chi connectivity index (χ2v) is 9.87. The van der Waals surface area contributed by atoms with Crippen LogP contribution in [-0.2, 0) is 31.6 Å². The highest BCUT2D eigenvalue weighted by Crippen LogP contribution is 2.56. The highest BCUT2D eigenvalue weighted by molar-refractivity contribution is 7.71. The molecule has 14 heteroatoms. The number of aliphatic hydroxyl groups excluding tert-OH is 3. The Labute approximate surface area is 191 Å². The van der Waals surface area contributed by atoms with E-state index in [1.54, 1.807) is 19.1 Å². The van der Waals surface area contributed by atoms with Gasteiger partial charge in [-0.05, 0) is 19.4 Å². The third-order valence-corrected chi connectivity index (χ3v) is 7.02. The lowest BCUT2D eigenvalue weighted by atomic mass is 10.1. The van der Waals surface area contributed by atoms with Gasteiger partial charge in [0.2, 0.25) is 0 Å². The van der Waals surface area contributed by atoms with E-state index < -0.39 is 51.0 Å². The van der Waals surface area contributed by atoms with Gasteiger partial charge in [0.05, 0.1) is 13.2 Å². The van der Waals surface area contributed by atoms with Crippen LogP contribution in [0.15, 0.2) is 23.1 Å². The number of aliphatic hydroxyl groups is 3. The number of nitrogens with one attached hydrogen (secondary N) is 1. The van der Waals surface area contributed by atoms with E-state index in [2.05, 4.69) is 4.98 Å². The summed E-state index contributed by atoms with van der Waals surface area (Å²) in [5.74, 6) is -2.78. The van der Waals surface area contributed by atoms with Crippen LogP contribution in [-0.4, -0.2) is 49.5 Å². The maximum Gasteiger partial charge on any atom is 0.530 e. The first-order valence-electron chi connectivity index (χ1n) is 9.83. The van der Waals surface area contributed by atoms with Crippen LogP contribution >= 0.6 is 20.0 Å². The predicted molar refractivity (Wildman–Crippen MR) is 113 cm³/mol. The monoisotopic (exact) mass is 504 g/mol. The lowest BCUT2D eigenvalue weighted by Gasteiger charge is -2.29. The van der Waals surface area contributed by atoms with Crippen molar-refractivity contribution in [2.75, 3.05) is 6.61 Å². The molecule has 4 N–H and O–H groups in total. The van der Waals surface area contributed by atoms with E-state index in [4.69, 9.17) is 30.5 Å².